The molecular formula is C14H19ClN2O5S. The summed E-state index contributed by atoms with van der Waals surface area (Å²) in [5.74, 6) is 0.393. The van der Waals surface area contributed by atoms with Crippen molar-refractivity contribution in [2.75, 3.05) is 46.3 Å². The second-order valence-electron chi connectivity index (χ2n) is 4.94. The molecule has 1 aliphatic rings. The van der Waals surface area contributed by atoms with Crippen LogP contribution < -0.4 is 9.47 Å². The molecule has 9 heteroatoms. The Kier molecular flexibility index (Phi) is 5.72. The van der Waals surface area contributed by atoms with E-state index in [-0.39, 0.29) is 35.5 Å². The molecular weight excluding hydrogens is 344 g/mol. The second kappa shape index (κ2) is 7.37. The quantitative estimate of drug-likeness (QED) is 0.723. The standard InChI is InChI=1S/C14H19ClN2O5S/c1-21-11-3-4-12(22-2)13(9-11)23(19,20)17-7-5-16(6-8-17)14(18)10-15/h3-4,9H,5-8,10H2,1-2H3. The molecule has 1 fully saturated rings. The Morgan fingerprint density at radius 1 is 1.17 bits per heavy atom. The van der Waals surface area contributed by atoms with Gasteiger partial charge in [0.05, 0.1) is 14.2 Å². The molecule has 2 rings (SSSR count). The molecule has 0 bridgehead atoms. The molecule has 0 N–H and O–H groups in total. The second-order valence-corrected chi connectivity index (χ2v) is 7.11. The van der Waals surface area contributed by atoms with Crippen LogP contribution in [0.1, 0.15) is 0 Å². The van der Waals surface area contributed by atoms with E-state index in [1.807, 2.05) is 0 Å². The zero-order chi connectivity index (χ0) is 17.0. The maximum atomic E-state index is 12.8. The van der Waals surface area contributed by atoms with Crippen molar-refractivity contribution in [2.45, 2.75) is 4.90 Å². The van der Waals surface area contributed by atoms with Crippen molar-refractivity contribution in [1.29, 1.82) is 0 Å². The van der Waals surface area contributed by atoms with Crippen molar-refractivity contribution in [3.05, 3.63) is 18.2 Å². The fraction of sp³-hybridized carbons (Fsp3) is 0.500. The number of ether oxygens (including phenoxy) is 2. The van der Waals surface area contributed by atoms with Crippen LogP contribution in [0.3, 0.4) is 0 Å². The van der Waals surface area contributed by atoms with Gasteiger partial charge in [-0.15, -0.1) is 11.6 Å². The van der Waals surface area contributed by atoms with Gasteiger partial charge in [-0.1, -0.05) is 0 Å². The lowest BCUT2D eigenvalue weighted by atomic mass is 10.3. The minimum Gasteiger partial charge on any atom is -0.497 e. The van der Waals surface area contributed by atoms with E-state index in [1.165, 1.54) is 24.6 Å². The van der Waals surface area contributed by atoms with Crippen LogP contribution in [0, 0.1) is 0 Å². The number of benzene rings is 1. The van der Waals surface area contributed by atoms with E-state index < -0.39 is 10.0 Å². The number of alkyl halides is 1. The number of carbonyl (C=O) groups is 1. The molecule has 0 aliphatic carbocycles. The summed E-state index contributed by atoms with van der Waals surface area (Å²) < 4.78 is 37.3. The number of halogens is 1. The maximum absolute atomic E-state index is 12.8. The fourth-order valence-corrected chi connectivity index (χ4v) is 4.15. The summed E-state index contributed by atoms with van der Waals surface area (Å²) in [5.41, 5.74) is 0. The predicted molar refractivity (Wildman–Crippen MR) is 85.6 cm³/mol. The lowest BCUT2D eigenvalue weighted by molar-refractivity contribution is -0.129. The minimum atomic E-state index is -3.74. The summed E-state index contributed by atoms with van der Waals surface area (Å²) in [6.07, 6.45) is 0. The molecule has 0 saturated carbocycles. The molecule has 1 aromatic carbocycles. The number of sulfonamides is 1. The molecule has 1 aliphatic heterocycles. The predicted octanol–water partition coefficient (Wildman–Crippen LogP) is 0.775. The van der Waals surface area contributed by atoms with Crippen molar-refractivity contribution in [3.63, 3.8) is 0 Å². The lowest BCUT2D eigenvalue weighted by Crippen LogP contribution is -2.50. The molecule has 7 nitrogen and oxygen atoms in total. The molecule has 0 aromatic heterocycles. The Labute approximate surface area is 140 Å². The lowest BCUT2D eigenvalue weighted by Gasteiger charge is -2.33. The minimum absolute atomic E-state index is 0.0523. The van der Waals surface area contributed by atoms with E-state index in [0.29, 0.717) is 18.8 Å². The molecule has 0 radical (unpaired) electrons. The summed E-state index contributed by atoms with van der Waals surface area (Å²) in [4.78, 5) is 13.2. The third-order valence-corrected chi connectivity index (χ3v) is 5.84. The highest BCUT2D eigenvalue weighted by molar-refractivity contribution is 7.89. The highest BCUT2D eigenvalue weighted by Crippen LogP contribution is 2.31. The van der Waals surface area contributed by atoms with Crippen LogP contribution >= 0.6 is 11.6 Å². The summed E-state index contributed by atoms with van der Waals surface area (Å²) in [6.45, 7) is 1.06. The van der Waals surface area contributed by atoms with Gasteiger partial charge in [-0.25, -0.2) is 8.42 Å². The van der Waals surface area contributed by atoms with E-state index in [9.17, 15) is 13.2 Å². The van der Waals surface area contributed by atoms with Crippen LogP contribution in [-0.4, -0.2) is 69.8 Å². The Bertz CT molecular complexity index is 672. The summed E-state index contributed by atoms with van der Waals surface area (Å²) in [5, 5.41) is 0. The molecule has 1 heterocycles. The van der Waals surface area contributed by atoms with Gasteiger partial charge in [0, 0.05) is 32.2 Å². The maximum Gasteiger partial charge on any atom is 0.247 e. The Hall–Kier alpha value is -1.51. The number of methoxy groups -OCH3 is 2. The first-order valence-corrected chi connectivity index (χ1v) is 8.97. The number of piperazine rings is 1. The van der Waals surface area contributed by atoms with Gasteiger partial charge in [-0.05, 0) is 12.1 Å². The largest absolute Gasteiger partial charge is 0.497 e. The summed E-state index contributed by atoms with van der Waals surface area (Å²) >= 11 is 5.53. The van der Waals surface area contributed by atoms with Gasteiger partial charge in [-0.2, -0.15) is 4.31 Å². The highest BCUT2D eigenvalue weighted by atomic mass is 35.5. The van der Waals surface area contributed by atoms with Gasteiger partial charge in [0.15, 0.2) is 0 Å². The van der Waals surface area contributed by atoms with E-state index in [0.717, 1.165) is 0 Å². The number of hydrogen-bond donors (Lipinski definition) is 0. The van der Waals surface area contributed by atoms with Crippen LogP contribution in [0.15, 0.2) is 23.1 Å². The van der Waals surface area contributed by atoms with Crippen molar-refractivity contribution < 1.29 is 22.7 Å². The molecule has 1 saturated heterocycles. The monoisotopic (exact) mass is 362 g/mol. The van der Waals surface area contributed by atoms with E-state index in [4.69, 9.17) is 21.1 Å². The smallest absolute Gasteiger partial charge is 0.247 e. The Balaban J connectivity index is 2.24. The Morgan fingerprint density at radius 2 is 1.83 bits per heavy atom. The summed E-state index contributed by atoms with van der Waals surface area (Å²) in [6, 6.07) is 4.62. The average molecular weight is 363 g/mol. The van der Waals surface area contributed by atoms with E-state index in [1.54, 1.807) is 17.0 Å². The molecule has 0 atom stereocenters. The molecule has 128 valence electrons. The number of hydrogen-bond acceptors (Lipinski definition) is 5. The average Bonchev–Trinajstić information content (AvgIpc) is 2.60. The number of nitrogens with zero attached hydrogens (tertiary/aromatic N) is 2. The van der Waals surface area contributed by atoms with Crippen LogP contribution in [0.25, 0.3) is 0 Å². The van der Waals surface area contributed by atoms with Gasteiger partial charge in [0.25, 0.3) is 0 Å². The van der Waals surface area contributed by atoms with Crippen molar-refractivity contribution in [1.82, 2.24) is 9.21 Å². The van der Waals surface area contributed by atoms with Crippen LogP contribution in [0.5, 0.6) is 11.5 Å². The SMILES string of the molecule is COc1ccc(OC)c(S(=O)(=O)N2CCN(C(=O)CCl)CC2)c1. The molecule has 0 spiro atoms. The zero-order valence-corrected chi connectivity index (χ0v) is 14.6. The first-order valence-electron chi connectivity index (χ1n) is 7.00. The zero-order valence-electron chi connectivity index (χ0n) is 13.0. The molecule has 0 unspecified atom stereocenters. The van der Waals surface area contributed by atoms with E-state index in [2.05, 4.69) is 0 Å². The molecule has 23 heavy (non-hydrogen) atoms. The van der Waals surface area contributed by atoms with Gasteiger partial charge in [-0.3, -0.25) is 4.79 Å². The van der Waals surface area contributed by atoms with Crippen LogP contribution in [0.2, 0.25) is 0 Å². The van der Waals surface area contributed by atoms with Gasteiger partial charge >= 0.3 is 0 Å². The highest BCUT2D eigenvalue weighted by Gasteiger charge is 2.32. The first kappa shape index (κ1) is 17.8. The molecule has 1 amide bonds. The number of carbonyl (C=O) groups excluding carboxylic acids is 1. The topological polar surface area (TPSA) is 76.2 Å². The van der Waals surface area contributed by atoms with Crippen LogP contribution in [0.4, 0.5) is 0 Å². The third kappa shape index (κ3) is 3.70. The van der Waals surface area contributed by atoms with Gasteiger partial charge < -0.3 is 14.4 Å². The van der Waals surface area contributed by atoms with Crippen molar-refractivity contribution in [3.8, 4) is 11.5 Å². The number of amides is 1. The normalized spacial score (nSPS) is 16.2. The van der Waals surface area contributed by atoms with E-state index >= 15 is 0 Å². The number of rotatable bonds is 5. The van der Waals surface area contributed by atoms with Crippen LogP contribution in [-0.2, 0) is 14.8 Å². The first-order chi connectivity index (χ1) is 10.9. The van der Waals surface area contributed by atoms with Crippen molar-refractivity contribution in [2.24, 2.45) is 0 Å². The fourth-order valence-electron chi connectivity index (χ4n) is 2.39. The Morgan fingerprint density at radius 3 is 2.35 bits per heavy atom. The molecule has 1 aromatic rings. The van der Waals surface area contributed by atoms with Crippen molar-refractivity contribution >= 4 is 27.5 Å². The third-order valence-electron chi connectivity index (χ3n) is 3.69. The van der Waals surface area contributed by atoms with Gasteiger partial charge in [0.1, 0.15) is 22.3 Å². The summed E-state index contributed by atoms with van der Waals surface area (Å²) in [7, 11) is -0.854. The van der Waals surface area contributed by atoms with Gasteiger partial charge in [0.2, 0.25) is 15.9 Å².